The minimum atomic E-state index is -3.68. The largest absolute Gasteiger partial charge is 0.396 e. The van der Waals surface area contributed by atoms with Gasteiger partial charge in [-0.1, -0.05) is 12.8 Å². The summed E-state index contributed by atoms with van der Waals surface area (Å²) in [5.41, 5.74) is 5.69. The first kappa shape index (κ1) is 16.6. The summed E-state index contributed by atoms with van der Waals surface area (Å²) in [5.74, 6) is -0.595. The molecule has 0 heterocycles. The number of nitrogens with two attached hydrogens (primary N) is 1. The van der Waals surface area contributed by atoms with Crippen LogP contribution in [0.1, 0.15) is 31.2 Å². The summed E-state index contributed by atoms with van der Waals surface area (Å²) in [6, 6.07) is 2.34. The highest BCUT2D eigenvalue weighted by Crippen LogP contribution is 2.39. The van der Waals surface area contributed by atoms with E-state index in [0.717, 1.165) is 31.7 Å². The van der Waals surface area contributed by atoms with E-state index >= 15 is 0 Å². The second kappa shape index (κ2) is 6.14. The topological polar surface area (TPSA) is 72.2 Å². The Kier molecular flexibility index (Phi) is 4.85. The van der Waals surface area contributed by atoms with Crippen molar-refractivity contribution in [2.45, 2.75) is 42.2 Å². The molecule has 2 rings (SSSR count). The zero-order valence-corrected chi connectivity index (χ0v) is 13.9. The molecule has 3 N–H and O–H groups in total. The third-order valence-electron chi connectivity index (χ3n) is 4.12. The summed E-state index contributed by atoms with van der Waals surface area (Å²) >= 11 is 1.71. The molecule has 1 aromatic rings. The SMILES string of the molecule is CSC1(CNS(=O)(=O)c2cc(N)c(F)cc2C)CCCC1. The molecule has 0 radical (unpaired) electrons. The van der Waals surface area contributed by atoms with Gasteiger partial charge in [-0.25, -0.2) is 17.5 Å². The Labute approximate surface area is 129 Å². The second-order valence-corrected chi connectivity index (χ2v) is 8.57. The molecule has 0 saturated heterocycles. The van der Waals surface area contributed by atoms with Gasteiger partial charge in [0, 0.05) is 11.3 Å². The Balaban J connectivity index is 2.21. The van der Waals surface area contributed by atoms with Gasteiger partial charge in [-0.05, 0) is 43.7 Å². The van der Waals surface area contributed by atoms with E-state index in [1.807, 2.05) is 6.26 Å². The third kappa shape index (κ3) is 3.52. The third-order valence-corrected chi connectivity index (χ3v) is 7.08. The van der Waals surface area contributed by atoms with Crippen molar-refractivity contribution in [3.63, 3.8) is 0 Å². The number of aryl methyl sites for hydroxylation is 1. The molecule has 0 atom stereocenters. The summed E-state index contributed by atoms with van der Waals surface area (Å²) in [4.78, 5) is 0.0515. The van der Waals surface area contributed by atoms with Crippen LogP contribution >= 0.6 is 11.8 Å². The predicted molar refractivity (Wildman–Crippen MR) is 85.5 cm³/mol. The fourth-order valence-electron chi connectivity index (χ4n) is 2.73. The highest BCUT2D eigenvalue weighted by molar-refractivity contribution is 8.00. The Hall–Kier alpha value is -0.790. The van der Waals surface area contributed by atoms with Gasteiger partial charge in [0.05, 0.1) is 10.6 Å². The summed E-state index contributed by atoms with van der Waals surface area (Å²) in [5, 5.41) is 0. The molecule has 1 aliphatic carbocycles. The van der Waals surface area contributed by atoms with Crippen molar-refractivity contribution in [2.24, 2.45) is 0 Å². The number of anilines is 1. The number of nitrogens with one attached hydrogen (secondary N) is 1. The molecule has 0 spiro atoms. The van der Waals surface area contributed by atoms with E-state index in [4.69, 9.17) is 5.73 Å². The fourth-order valence-corrected chi connectivity index (χ4v) is 5.13. The summed E-state index contributed by atoms with van der Waals surface area (Å²) in [7, 11) is -3.68. The number of thioether (sulfide) groups is 1. The van der Waals surface area contributed by atoms with E-state index in [1.165, 1.54) is 6.07 Å². The minimum absolute atomic E-state index is 0.0213. The number of nitrogen functional groups attached to an aromatic ring is 1. The van der Waals surface area contributed by atoms with Crippen LogP contribution in [0.2, 0.25) is 0 Å². The van der Waals surface area contributed by atoms with E-state index in [9.17, 15) is 12.8 Å². The lowest BCUT2D eigenvalue weighted by Crippen LogP contribution is -2.38. The average molecular weight is 332 g/mol. The summed E-state index contributed by atoms with van der Waals surface area (Å²) < 4.78 is 40.9. The number of sulfonamides is 1. The molecule has 4 nitrogen and oxygen atoms in total. The smallest absolute Gasteiger partial charge is 0.240 e. The molecule has 0 amide bonds. The standard InChI is InChI=1S/C14H21FN2O2S2/c1-10-7-11(15)12(16)8-13(10)21(18,19)17-9-14(20-2)5-3-4-6-14/h7-8,17H,3-6,9,16H2,1-2H3. The van der Waals surface area contributed by atoms with Crippen LogP contribution in [0.25, 0.3) is 0 Å². The van der Waals surface area contributed by atoms with E-state index in [-0.39, 0.29) is 15.3 Å². The average Bonchev–Trinajstić information content (AvgIpc) is 2.90. The fraction of sp³-hybridized carbons (Fsp3) is 0.571. The Morgan fingerprint density at radius 3 is 2.57 bits per heavy atom. The normalized spacial score (nSPS) is 18.0. The van der Waals surface area contributed by atoms with E-state index in [1.54, 1.807) is 18.7 Å². The first-order chi connectivity index (χ1) is 9.80. The Morgan fingerprint density at radius 2 is 2.00 bits per heavy atom. The van der Waals surface area contributed by atoms with Gasteiger partial charge in [0.1, 0.15) is 5.82 Å². The van der Waals surface area contributed by atoms with Gasteiger partial charge in [-0.2, -0.15) is 11.8 Å². The zero-order chi connectivity index (χ0) is 15.7. The lowest BCUT2D eigenvalue weighted by atomic mass is 10.1. The molecular weight excluding hydrogens is 311 g/mol. The molecule has 21 heavy (non-hydrogen) atoms. The van der Waals surface area contributed by atoms with Crippen molar-refractivity contribution < 1.29 is 12.8 Å². The van der Waals surface area contributed by atoms with Crippen molar-refractivity contribution in [1.29, 1.82) is 0 Å². The van der Waals surface area contributed by atoms with Crippen molar-refractivity contribution in [3.8, 4) is 0 Å². The molecule has 1 aliphatic rings. The van der Waals surface area contributed by atoms with Gasteiger partial charge < -0.3 is 5.73 Å². The Bertz CT molecular complexity index is 626. The van der Waals surface area contributed by atoms with Gasteiger partial charge in [-0.3, -0.25) is 0 Å². The van der Waals surface area contributed by atoms with Crippen LogP contribution in [-0.2, 0) is 10.0 Å². The Morgan fingerprint density at radius 1 is 1.38 bits per heavy atom. The maximum Gasteiger partial charge on any atom is 0.240 e. The van der Waals surface area contributed by atoms with Gasteiger partial charge >= 0.3 is 0 Å². The van der Waals surface area contributed by atoms with Crippen LogP contribution in [-0.4, -0.2) is 26.0 Å². The molecule has 0 aromatic heterocycles. The maximum atomic E-state index is 13.4. The second-order valence-electron chi connectivity index (χ2n) is 5.56. The van der Waals surface area contributed by atoms with E-state index < -0.39 is 15.8 Å². The number of hydrogen-bond donors (Lipinski definition) is 2. The van der Waals surface area contributed by atoms with Gasteiger partial charge in [0.2, 0.25) is 10.0 Å². The minimum Gasteiger partial charge on any atom is -0.396 e. The summed E-state index contributed by atoms with van der Waals surface area (Å²) in [6.45, 7) is 1.96. The molecule has 0 unspecified atom stereocenters. The molecule has 0 aliphatic heterocycles. The molecular formula is C14H21FN2O2S2. The van der Waals surface area contributed by atoms with Crippen molar-refractivity contribution >= 4 is 27.5 Å². The molecule has 1 saturated carbocycles. The van der Waals surface area contributed by atoms with Crippen LogP contribution in [0.3, 0.4) is 0 Å². The number of benzene rings is 1. The van der Waals surface area contributed by atoms with Crippen LogP contribution in [0.4, 0.5) is 10.1 Å². The maximum absolute atomic E-state index is 13.4. The number of rotatable bonds is 5. The molecule has 1 fully saturated rings. The highest BCUT2D eigenvalue weighted by Gasteiger charge is 2.34. The monoisotopic (exact) mass is 332 g/mol. The molecule has 0 bridgehead atoms. The van der Waals surface area contributed by atoms with Crippen LogP contribution in [0.5, 0.6) is 0 Å². The molecule has 118 valence electrons. The molecule has 7 heteroatoms. The van der Waals surface area contributed by atoms with E-state index in [0.29, 0.717) is 12.1 Å². The first-order valence-corrected chi connectivity index (χ1v) is 9.61. The quantitative estimate of drug-likeness (QED) is 0.813. The van der Waals surface area contributed by atoms with Crippen molar-refractivity contribution in [1.82, 2.24) is 4.72 Å². The zero-order valence-electron chi connectivity index (χ0n) is 12.3. The highest BCUT2D eigenvalue weighted by atomic mass is 32.2. The van der Waals surface area contributed by atoms with E-state index in [2.05, 4.69) is 4.72 Å². The number of halogens is 1. The van der Waals surface area contributed by atoms with Crippen LogP contribution in [0.15, 0.2) is 17.0 Å². The number of hydrogen-bond acceptors (Lipinski definition) is 4. The van der Waals surface area contributed by atoms with Crippen LogP contribution in [0, 0.1) is 12.7 Å². The van der Waals surface area contributed by atoms with Crippen LogP contribution < -0.4 is 10.5 Å². The molecule has 1 aromatic carbocycles. The van der Waals surface area contributed by atoms with Gasteiger partial charge in [-0.15, -0.1) is 0 Å². The van der Waals surface area contributed by atoms with Crippen molar-refractivity contribution in [2.75, 3.05) is 18.5 Å². The lowest BCUT2D eigenvalue weighted by molar-refractivity contribution is 0.550. The lowest BCUT2D eigenvalue weighted by Gasteiger charge is -2.27. The summed E-state index contributed by atoms with van der Waals surface area (Å²) in [6.07, 6.45) is 6.30. The first-order valence-electron chi connectivity index (χ1n) is 6.90. The van der Waals surface area contributed by atoms with Crippen molar-refractivity contribution in [3.05, 3.63) is 23.5 Å². The van der Waals surface area contributed by atoms with Gasteiger partial charge in [0.25, 0.3) is 0 Å². The van der Waals surface area contributed by atoms with Gasteiger partial charge in [0.15, 0.2) is 0 Å². The predicted octanol–water partition coefficient (Wildman–Crippen LogP) is 2.67.